The molecule has 0 unspecified atom stereocenters. The van der Waals surface area contributed by atoms with Gasteiger partial charge in [0.15, 0.2) is 11.5 Å². The van der Waals surface area contributed by atoms with E-state index in [9.17, 15) is 4.79 Å². The fraction of sp³-hybridized carbons (Fsp3) is 0.536. The Balaban J connectivity index is 1.36. The summed E-state index contributed by atoms with van der Waals surface area (Å²) in [5.74, 6) is 2.16. The van der Waals surface area contributed by atoms with Gasteiger partial charge in [0.2, 0.25) is 12.7 Å². The predicted molar refractivity (Wildman–Crippen MR) is 134 cm³/mol. The third-order valence-corrected chi connectivity index (χ3v) is 5.38. The lowest BCUT2D eigenvalue weighted by Gasteiger charge is -2.03. The van der Waals surface area contributed by atoms with Crippen LogP contribution in [0.3, 0.4) is 0 Å². The van der Waals surface area contributed by atoms with Gasteiger partial charge in [-0.1, -0.05) is 88.8 Å². The van der Waals surface area contributed by atoms with Gasteiger partial charge in [-0.3, -0.25) is 4.79 Å². The smallest absolute Gasteiger partial charge is 0.243 e. The van der Waals surface area contributed by atoms with Crippen LogP contribution >= 0.6 is 0 Å². The number of carbonyl (C=O) groups excluding carboxylic acids is 1. The Morgan fingerprint density at radius 2 is 1.56 bits per heavy atom. The minimum atomic E-state index is -0.0101. The van der Waals surface area contributed by atoms with Crippen molar-refractivity contribution in [3.05, 3.63) is 54.1 Å². The SMILES string of the molecule is CC(C)CNC(=O)/C=C/C=C/CCCCCCCCCC/C=C/c1ccc2c(c1)OCO2. The standard InChI is InChI=1S/C28H41NO3/c1-24(2)22-29-28(30)18-16-14-12-10-8-6-4-3-5-7-9-11-13-15-17-25-19-20-26-27(21-25)32-23-31-26/h12,14-21,24H,3-11,13,22-23H2,1-2H3,(H,29,30)/b14-12+,17-15+,18-16+. The van der Waals surface area contributed by atoms with Crippen LogP contribution in [0.4, 0.5) is 0 Å². The first-order valence-corrected chi connectivity index (χ1v) is 12.3. The molecular weight excluding hydrogens is 398 g/mol. The fourth-order valence-electron chi connectivity index (χ4n) is 3.50. The van der Waals surface area contributed by atoms with E-state index in [1.54, 1.807) is 6.08 Å². The first kappa shape index (κ1) is 25.8. The molecule has 0 atom stereocenters. The maximum atomic E-state index is 11.5. The van der Waals surface area contributed by atoms with Crippen molar-refractivity contribution in [1.29, 1.82) is 0 Å². The van der Waals surface area contributed by atoms with Gasteiger partial charge in [0.25, 0.3) is 0 Å². The first-order valence-electron chi connectivity index (χ1n) is 12.3. The number of benzene rings is 1. The zero-order chi connectivity index (χ0) is 22.9. The van der Waals surface area contributed by atoms with Crippen LogP contribution in [0.2, 0.25) is 0 Å². The zero-order valence-electron chi connectivity index (χ0n) is 20.0. The summed E-state index contributed by atoms with van der Waals surface area (Å²) >= 11 is 0. The van der Waals surface area contributed by atoms with Crippen molar-refractivity contribution in [3.63, 3.8) is 0 Å². The van der Waals surface area contributed by atoms with E-state index in [0.717, 1.165) is 30.9 Å². The van der Waals surface area contributed by atoms with Crippen molar-refractivity contribution in [2.75, 3.05) is 13.3 Å². The van der Waals surface area contributed by atoms with Crippen molar-refractivity contribution in [3.8, 4) is 11.5 Å². The fourth-order valence-corrected chi connectivity index (χ4v) is 3.50. The van der Waals surface area contributed by atoms with Gasteiger partial charge in [0, 0.05) is 12.6 Å². The largest absolute Gasteiger partial charge is 0.454 e. The van der Waals surface area contributed by atoms with E-state index >= 15 is 0 Å². The minimum Gasteiger partial charge on any atom is -0.454 e. The van der Waals surface area contributed by atoms with Crippen LogP contribution in [0, 0.1) is 5.92 Å². The molecular formula is C28H41NO3. The van der Waals surface area contributed by atoms with Crippen molar-refractivity contribution in [2.24, 2.45) is 5.92 Å². The summed E-state index contributed by atoms with van der Waals surface area (Å²) < 4.78 is 10.8. The van der Waals surface area contributed by atoms with Crippen LogP contribution in [-0.4, -0.2) is 19.2 Å². The summed E-state index contributed by atoms with van der Waals surface area (Å²) in [6, 6.07) is 6.09. The molecule has 1 aromatic rings. The Bertz CT molecular complexity index is 749. The van der Waals surface area contributed by atoms with Gasteiger partial charge in [-0.25, -0.2) is 0 Å². The molecule has 1 amide bonds. The second kappa shape index (κ2) is 16.2. The van der Waals surface area contributed by atoms with Gasteiger partial charge in [-0.2, -0.15) is 0 Å². The highest BCUT2D eigenvalue weighted by Gasteiger charge is 2.11. The highest BCUT2D eigenvalue weighted by atomic mass is 16.7. The van der Waals surface area contributed by atoms with E-state index in [2.05, 4.69) is 43.5 Å². The lowest BCUT2D eigenvalue weighted by Crippen LogP contribution is -2.25. The molecule has 0 saturated carbocycles. The molecule has 4 nitrogen and oxygen atoms in total. The molecule has 32 heavy (non-hydrogen) atoms. The lowest BCUT2D eigenvalue weighted by atomic mass is 10.1. The van der Waals surface area contributed by atoms with Crippen molar-refractivity contribution in [1.82, 2.24) is 5.32 Å². The van der Waals surface area contributed by atoms with Crippen LogP contribution in [0.5, 0.6) is 11.5 Å². The Hall–Kier alpha value is -2.49. The third kappa shape index (κ3) is 11.8. The van der Waals surface area contributed by atoms with E-state index in [1.807, 2.05) is 24.3 Å². The molecule has 1 aliphatic rings. The summed E-state index contributed by atoms with van der Waals surface area (Å²) in [5.41, 5.74) is 1.17. The number of carbonyl (C=O) groups is 1. The van der Waals surface area contributed by atoms with Crippen molar-refractivity contribution in [2.45, 2.75) is 78.1 Å². The Morgan fingerprint density at radius 1 is 0.906 bits per heavy atom. The Labute approximate surface area is 194 Å². The number of nitrogens with one attached hydrogen (secondary N) is 1. The maximum absolute atomic E-state index is 11.5. The second-order valence-corrected chi connectivity index (χ2v) is 8.85. The number of amides is 1. The number of fused-ring (bicyclic) bond motifs is 1. The van der Waals surface area contributed by atoms with E-state index < -0.39 is 0 Å². The summed E-state index contributed by atoms with van der Waals surface area (Å²) in [5, 5.41) is 2.87. The van der Waals surface area contributed by atoms with Crippen molar-refractivity contribution >= 4 is 12.0 Å². The summed E-state index contributed by atoms with van der Waals surface area (Å²) in [6.45, 7) is 5.24. The highest BCUT2D eigenvalue weighted by Crippen LogP contribution is 2.32. The number of hydrogen-bond donors (Lipinski definition) is 1. The molecule has 1 N–H and O–H groups in total. The van der Waals surface area contributed by atoms with Crippen LogP contribution < -0.4 is 14.8 Å². The van der Waals surface area contributed by atoms with Gasteiger partial charge in [0.05, 0.1) is 0 Å². The zero-order valence-corrected chi connectivity index (χ0v) is 20.0. The van der Waals surface area contributed by atoms with Gasteiger partial charge in [-0.15, -0.1) is 0 Å². The molecule has 0 spiro atoms. The number of unbranched alkanes of at least 4 members (excludes halogenated alkanes) is 9. The monoisotopic (exact) mass is 439 g/mol. The van der Waals surface area contributed by atoms with E-state index in [4.69, 9.17) is 9.47 Å². The molecule has 0 aliphatic carbocycles. The second-order valence-electron chi connectivity index (χ2n) is 8.85. The third-order valence-electron chi connectivity index (χ3n) is 5.38. The highest BCUT2D eigenvalue weighted by molar-refractivity contribution is 5.87. The average molecular weight is 440 g/mol. The summed E-state index contributed by atoms with van der Waals surface area (Å²) in [4.78, 5) is 11.5. The minimum absolute atomic E-state index is 0.0101. The Kier molecular flexibility index (Phi) is 13.0. The van der Waals surface area contributed by atoms with E-state index in [0.29, 0.717) is 12.7 Å². The van der Waals surface area contributed by atoms with Gasteiger partial charge in [0.1, 0.15) is 0 Å². The number of rotatable bonds is 16. The van der Waals surface area contributed by atoms with Crippen LogP contribution in [-0.2, 0) is 4.79 Å². The molecule has 1 aromatic carbocycles. The summed E-state index contributed by atoms with van der Waals surface area (Å²) in [7, 11) is 0. The molecule has 0 bridgehead atoms. The average Bonchev–Trinajstić information content (AvgIpc) is 3.25. The molecule has 4 heteroatoms. The normalized spacial score (nSPS) is 13.2. The number of ether oxygens (including phenoxy) is 2. The quantitative estimate of drug-likeness (QED) is 0.168. The molecule has 0 saturated heterocycles. The van der Waals surface area contributed by atoms with E-state index in [1.165, 1.54) is 56.9 Å². The predicted octanol–water partition coefficient (Wildman–Crippen LogP) is 7.21. The number of allylic oxidation sites excluding steroid dienone is 4. The van der Waals surface area contributed by atoms with Crippen LogP contribution in [0.1, 0.15) is 83.6 Å². The first-order chi connectivity index (χ1) is 15.6. The lowest BCUT2D eigenvalue weighted by molar-refractivity contribution is -0.116. The molecule has 0 fully saturated rings. The van der Waals surface area contributed by atoms with Crippen LogP contribution in [0.25, 0.3) is 6.08 Å². The van der Waals surface area contributed by atoms with Crippen LogP contribution in [0.15, 0.2) is 48.6 Å². The summed E-state index contributed by atoms with van der Waals surface area (Å²) in [6.07, 6.45) is 24.7. The molecule has 0 aromatic heterocycles. The molecule has 1 heterocycles. The van der Waals surface area contributed by atoms with Gasteiger partial charge >= 0.3 is 0 Å². The molecule has 2 rings (SSSR count). The van der Waals surface area contributed by atoms with Gasteiger partial charge < -0.3 is 14.8 Å². The molecule has 176 valence electrons. The van der Waals surface area contributed by atoms with Crippen molar-refractivity contribution < 1.29 is 14.3 Å². The Morgan fingerprint density at radius 3 is 2.28 bits per heavy atom. The number of hydrogen-bond acceptors (Lipinski definition) is 3. The molecule has 1 aliphatic heterocycles. The van der Waals surface area contributed by atoms with Gasteiger partial charge in [-0.05, 0) is 49.3 Å². The maximum Gasteiger partial charge on any atom is 0.243 e. The topological polar surface area (TPSA) is 47.6 Å². The molecule has 0 radical (unpaired) electrons. The van der Waals surface area contributed by atoms with E-state index in [-0.39, 0.29) is 5.91 Å².